The molecule has 3 rings (SSSR count). The maximum atomic E-state index is 12.9. The number of rotatable bonds is 10. The van der Waals surface area contributed by atoms with Gasteiger partial charge in [-0.15, -0.1) is 0 Å². The van der Waals surface area contributed by atoms with Crippen molar-refractivity contribution >= 4 is 33.5 Å². The van der Waals surface area contributed by atoms with E-state index in [1.807, 2.05) is 12.1 Å². The molecule has 0 spiro atoms. The van der Waals surface area contributed by atoms with Crippen LogP contribution in [0.3, 0.4) is 0 Å². The Hall–Kier alpha value is -2.90. The fourth-order valence-electron chi connectivity index (χ4n) is 3.68. The number of benzene rings is 2. The number of hydrogen-bond acceptors (Lipinski definition) is 7. The van der Waals surface area contributed by atoms with Gasteiger partial charge in [0.25, 0.3) is 0 Å². The molecule has 1 aliphatic heterocycles. The van der Waals surface area contributed by atoms with Crippen molar-refractivity contribution in [2.75, 3.05) is 26.2 Å². The normalized spacial score (nSPS) is 18.6. The maximum Gasteiger partial charge on any atom is 0.240 e. The van der Waals surface area contributed by atoms with Crippen molar-refractivity contribution < 1.29 is 23.2 Å². The molecule has 0 unspecified atom stereocenters. The maximum absolute atomic E-state index is 12.9. The number of hydrogen-bond donors (Lipinski definition) is 5. The summed E-state index contributed by atoms with van der Waals surface area (Å²) in [5, 5.41) is 17.3. The number of amides is 1. The second-order valence-corrected chi connectivity index (χ2v) is 10.1. The van der Waals surface area contributed by atoms with Gasteiger partial charge in [-0.05, 0) is 53.4 Å². The van der Waals surface area contributed by atoms with Gasteiger partial charge in [0.05, 0.1) is 24.0 Å². The minimum absolute atomic E-state index is 0.0748. The first-order chi connectivity index (χ1) is 16.7. The predicted octanol–water partition coefficient (Wildman–Crippen LogP) is 0.389. The summed E-state index contributed by atoms with van der Waals surface area (Å²) in [6.07, 6.45) is -0.107. The van der Waals surface area contributed by atoms with Crippen molar-refractivity contribution in [3.05, 3.63) is 53.6 Å². The van der Waals surface area contributed by atoms with Crippen molar-refractivity contribution in [2.24, 2.45) is 16.6 Å². The smallest absolute Gasteiger partial charge is 0.240 e. The van der Waals surface area contributed by atoms with E-state index < -0.39 is 22.3 Å². The zero-order chi connectivity index (χ0) is 25.4. The highest BCUT2D eigenvalue weighted by atomic mass is 35.5. The number of piperidine rings is 1. The summed E-state index contributed by atoms with van der Waals surface area (Å²) < 4.78 is 28.5. The zero-order valence-corrected chi connectivity index (χ0v) is 20.5. The summed E-state index contributed by atoms with van der Waals surface area (Å²) in [5.41, 5.74) is 12.0. The Morgan fingerprint density at radius 1 is 1.14 bits per heavy atom. The molecule has 1 saturated heterocycles. The first-order valence-corrected chi connectivity index (χ1v) is 12.8. The Balaban J connectivity index is 1.56. The van der Waals surface area contributed by atoms with E-state index in [2.05, 4.69) is 15.2 Å². The Bertz CT molecular complexity index is 1120. The summed E-state index contributed by atoms with van der Waals surface area (Å²) >= 11 is 5.92. The van der Waals surface area contributed by atoms with Crippen LogP contribution in [0.1, 0.15) is 12.8 Å². The van der Waals surface area contributed by atoms with Crippen LogP contribution < -0.4 is 21.5 Å². The molecule has 2 aromatic carbocycles. The fraction of sp³-hybridized carbons (Fsp3) is 0.364. The molecule has 0 saturated carbocycles. The van der Waals surface area contributed by atoms with Crippen LogP contribution in [0.5, 0.6) is 0 Å². The van der Waals surface area contributed by atoms with Gasteiger partial charge in [0.1, 0.15) is 12.8 Å². The summed E-state index contributed by atoms with van der Waals surface area (Å²) in [4.78, 5) is 18.6. The van der Waals surface area contributed by atoms with E-state index in [0.29, 0.717) is 24.4 Å². The van der Waals surface area contributed by atoms with Crippen LogP contribution in [0, 0.1) is 0 Å². The highest BCUT2D eigenvalue weighted by Gasteiger charge is 2.34. The molecule has 0 bridgehead atoms. The molecule has 11 nitrogen and oxygen atoms in total. The molecule has 0 radical (unpaired) electrons. The molecule has 1 fully saturated rings. The molecule has 1 aliphatic rings. The number of aliphatic hydroxyl groups is 1. The molecule has 1 heterocycles. The van der Waals surface area contributed by atoms with E-state index in [0.717, 1.165) is 11.1 Å². The molecule has 13 heteroatoms. The minimum Gasteiger partial charge on any atom is -0.391 e. The molecule has 0 aliphatic carbocycles. The highest BCUT2D eigenvalue weighted by Crippen LogP contribution is 2.24. The van der Waals surface area contributed by atoms with Crippen LogP contribution in [0.4, 0.5) is 0 Å². The van der Waals surface area contributed by atoms with Crippen LogP contribution in [0.25, 0.3) is 11.1 Å². The van der Waals surface area contributed by atoms with Crippen LogP contribution in [-0.4, -0.2) is 68.8 Å². The molecule has 190 valence electrons. The zero-order valence-electron chi connectivity index (χ0n) is 18.9. The lowest BCUT2D eigenvalue weighted by Gasteiger charge is -2.37. The van der Waals surface area contributed by atoms with E-state index in [9.17, 15) is 18.3 Å². The lowest BCUT2D eigenvalue weighted by Crippen LogP contribution is -2.57. The first kappa shape index (κ1) is 26.7. The number of likely N-dealkylation sites (tertiary alicyclic amines) is 1. The highest BCUT2D eigenvalue weighted by molar-refractivity contribution is 7.89. The van der Waals surface area contributed by atoms with Gasteiger partial charge >= 0.3 is 0 Å². The quantitative estimate of drug-likeness (QED) is 0.128. The van der Waals surface area contributed by atoms with Gasteiger partial charge in [0.2, 0.25) is 21.9 Å². The molecule has 2 atom stereocenters. The van der Waals surface area contributed by atoms with Crippen LogP contribution in [0.2, 0.25) is 5.02 Å². The van der Waals surface area contributed by atoms with E-state index in [-0.39, 0.29) is 36.5 Å². The van der Waals surface area contributed by atoms with E-state index >= 15 is 0 Å². The fourth-order valence-corrected chi connectivity index (χ4v) is 5.07. The monoisotopic (exact) mass is 524 g/mol. The second kappa shape index (κ2) is 12.2. The number of halogens is 1. The Morgan fingerprint density at radius 3 is 2.40 bits per heavy atom. The van der Waals surface area contributed by atoms with Crippen molar-refractivity contribution in [1.82, 2.24) is 14.9 Å². The van der Waals surface area contributed by atoms with Crippen molar-refractivity contribution in [2.45, 2.75) is 30.0 Å². The van der Waals surface area contributed by atoms with Crippen molar-refractivity contribution in [3.63, 3.8) is 0 Å². The number of carbonyl (C=O) groups excluding carboxylic acids is 1. The van der Waals surface area contributed by atoms with Crippen LogP contribution >= 0.6 is 11.6 Å². The van der Waals surface area contributed by atoms with Gasteiger partial charge in [-0.3, -0.25) is 9.69 Å². The van der Waals surface area contributed by atoms with Crippen LogP contribution in [-0.2, 0) is 19.7 Å². The third kappa shape index (κ3) is 7.80. The SMILES string of the molecule is NC(N)=NOCCNC(=O)CN1CCC[C@H](NS(=O)(=O)c2ccc(-c3ccc(Cl)cc3)cc2)[C@@H]1O. The van der Waals surface area contributed by atoms with E-state index in [1.54, 1.807) is 24.3 Å². The summed E-state index contributed by atoms with van der Waals surface area (Å²) in [6, 6.07) is 12.9. The molecule has 7 N–H and O–H groups in total. The van der Waals surface area contributed by atoms with Gasteiger partial charge in [-0.1, -0.05) is 35.9 Å². The standard InChI is InChI=1S/C22H29ClN6O5S/c23-17-7-3-15(4-8-17)16-5-9-18(10-6-16)35(32,33)28-19-2-1-12-29(21(19)31)14-20(30)26-11-13-34-27-22(24)25/h3-10,19,21,28,31H,1-2,11-14H2,(H,26,30)(H4,24,25,27)/t19-,21-/m0/s1. The van der Waals surface area contributed by atoms with Gasteiger partial charge in [-0.25, -0.2) is 13.1 Å². The molecule has 2 aromatic rings. The lowest BCUT2D eigenvalue weighted by molar-refractivity contribution is -0.127. The summed E-state index contributed by atoms with van der Waals surface area (Å²) in [5.74, 6) is -0.572. The van der Waals surface area contributed by atoms with E-state index in [4.69, 9.17) is 27.9 Å². The van der Waals surface area contributed by atoms with Crippen molar-refractivity contribution in [1.29, 1.82) is 0 Å². The Kier molecular flexibility index (Phi) is 9.29. The van der Waals surface area contributed by atoms with Crippen molar-refractivity contribution in [3.8, 4) is 11.1 Å². The third-order valence-corrected chi connectivity index (χ3v) is 7.13. The topological polar surface area (TPSA) is 172 Å². The van der Waals surface area contributed by atoms with Gasteiger partial charge in [0.15, 0.2) is 0 Å². The molecule has 35 heavy (non-hydrogen) atoms. The third-order valence-electron chi connectivity index (χ3n) is 5.38. The van der Waals surface area contributed by atoms with E-state index in [1.165, 1.54) is 17.0 Å². The Morgan fingerprint density at radius 2 is 1.77 bits per heavy atom. The van der Waals surface area contributed by atoms with Gasteiger partial charge in [0, 0.05) is 11.6 Å². The average molecular weight is 525 g/mol. The molecular weight excluding hydrogens is 496 g/mol. The number of oxime groups is 1. The number of nitrogens with one attached hydrogen (secondary N) is 2. The number of carbonyl (C=O) groups is 1. The number of nitrogens with zero attached hydrogens (tertiary/aromatic N) is 2. The lowest BCUT2D eigenvalue weighted by atomic mass is 10.0. The minimum atomic E-state index is -3.89. The molecule has 0 aromatic heterocycles. The van der Waals surface area contributed by atoms with Gasteiger partial charge < -0.3 is 26.7 Å². The number of guanidine groups is 1. The Labute approximate surface area is 209 Å². The van der Waals surface area contributed by atoms with Crippen LogP contribution in [0.15, 0.2) is 58.6 Å². The summed E-state index contributed by atoms with van der Waals surface area (Å²) in [6.45, 7) is 0.595. The number of nitrogens with two attached hydrogens (primary N) is 2. The average Bonchev–Trinajstić information content (AvgIpc) is 2.82. The largest absolute Gasteiger partial charge is 0.391 e. The summed E-state index contributed by atoms with van der Waals surface area (Å²) in [7, 11) is -3.89. The predicted molar refractivity (Wildman–Crippen MR) is 133 cm³/mol. The van der Waals surface area contributed by atoms with Gasteiger partial charge in [-0.2, -0.15) is 0 Å². The second-order valence-electron chi connectivity index (χ2n) is 7.98. The molecule has 1 amide bonds. The first-order valence-electron chi connectivity index (χ1n) is 10.9. The number of sulfonamides is 1. The number of aliphatic hydroxyl groups excluding tert-OH is 1. The molecular formula is C22H29ClN6O5S.